The van der Waals surface area contributed by atoms with Gasteiger partial charge in [-0.25, -0.2) is 0 Å². The van der Waals surface area contributed by atoms with Gasteiger partial charge in [0.1, 0.15) is 5.82 Å². The number of nitrogens with zero attached hydrogens (tertiary/aromatic N) is 3. The Hall–Kier alpha value is -1.40. The van der Waals surface area contributed by atoms with Crippen LogP contribution >= 0.6 is 0 Å². The van der Waals surface area contributed by atoms with Crippen LogP contribution in [-0.2, 0) is 16.6 Å². The maximum absolute atomic E-state index is 12.1. The van der Waals surface area contributed by atoms with E-state index in [1.165, 1.54) is 0 Å². The molecule has 2 atom stereocenters. The van der Waals surface area contributed by atoms with Crippen molar-refractivity contribution in [2.75, 3.05) is 25.0 Å². The van der Waals surface area contributed by atoms with Crippen molar-refractivity contribution in [3.63, 3.8) is 0 Å². The van der Waals surface area contributed by atoms with Gasteiger partial charge in [-0.3, -0.25) is 14.4 Å². The molecule has 6 heteroatoms. The van der Waals surface area contributed by atoms with Gasteiger partial charge in [-0.05, 0) is 20.8 Å². The highest BCUT2D eigenvalue weighted by atomic mass is 16.5. The van der Waals surface area contributed by atoms with Crippen LogP contribution < -0.4 is 5.32 Å². The zero-order valence-electron chi connectivity index (χ0n) is 12.0. The van der Waals surface area contributed by atoms with Crippen molar-refractivity contribution in [3.8, 4) is 0 Å². The van der Waals surface area contributed by atoms with Gasteiger partial charge in [-0.15, -0.1) is 0 Å². The number of morpholine rings is 1. The molecule has 1 fully saturated rings. The largest absolute Gasteiger partial charge is 0.376 e. The van der Waals surface area contributed by atoms with E-state index in [9.17, 15) is 4.79 Å². The molecule has 0 spiro atoms. The number of hydrogen-bond donors (Lipinski definition) is 1. The van der Waals surface area contributed by atoms with Gasteiger partial charge in [0.2, 0.25) is 5.91 Å². The van der Waals surface area contributed by atoms with Crippen molar-refractivity contribution in [2.24, 2.45) is 7.05 Å². The first-order valence-corrected chi connectivity index (χ1v) is 6.62. The van der Waals surface area contributed by atoms with E-state index in [1.807, 2.05) is 27.0 Å². The summed E-state index contributed by atoms with van der Waals surface area (Å²) < 4.78 is 7.23. The second-order valence-corrected chi connectivity index (χ2v) is 5.27. The van der Waals surface area contributed by atoms with Crippen LogP contribution in [0, 0.1) is 6.92 Å². The Morgan fingerprint density at radius 1 is 1.58 bits per heavy atom. The van der Waals surface area contributed by atoms with Gasteiger partial charge >= 0.3 is 0 Å². The van der Waals surface area contributed by atoms with E-state index < -0.39 is 0 Å². The minimum absolute atomic E-state index is 0.0102. The average molecular weight is 266 g/mol. The number of carbonyl (C=O) groups is 1. The summed E-state index contributed by atoms with van der Waals surface area (Å²) in [6, 6.07) is 2.14. The minimum Gasteiger partial charge on any atom is -0.376 e. The van der Waals surface area contributed by atoms with Gasteiger partial charge in [0.25, 0.3) is 0 Å². The Labute approximate surface area is 113 Å². The summed E-state index contributed by atoms with van der Waals surface area (Å²) in [6.45, 7) is 7.87. The lowest BCUT2D eigenvalue weighted by Crippen LogP contribution is -2.50. The summed E-state index contributed by atoms with van der Waals surface area (Å²) in [7, 11) is 1.82. The zero-order valence-corrected chi connectivity index (χ0v) is 12.0. The third-order valence-corrected chi connectivity index (χ3v) is 3.35. The van der Waals surface area contributed by atoms with E-state index in [1.54, 1.807) is 4.68 Å². The van der Waals surface area contributed by atoms with Gasteiger partial charge in [0.15, 0.2) is 0 Å². The van der Waals surface area contributed by atoms with Crippen LogP contribution in [-0.4, -0.2) is 52.4 Å². The van der Waals surface area contributed by atoms with Crippen molar-refractivity contribution in [3.05, 3.63) is 11.8 Å². The van der Waals surface area contributed by atoms with E-state index in [0.717, 1.165) is 18.1 Å². The van der Waals surface area contributed by atoms with Crippen LogP contribution in [0.1, 0.15) is 19.5 Å². The molecule has 6 nitrogen and oxygen atoms in total. The molecule has 1 aliphatic heterocycles. The lowest BCUT2D eigenvalue weighted by Gasteiger charge is -2.36. The van der Waals surface area contributed by atoms with Crippen LogP contribution in [0.2, 0.25) is 0 Å². The lowest BCUT2D eigenvalue weighted by atomic mass is 10.2. The van der Waals surface area contributed by atoms with Crippen molar-refractivity contribution in [2.45, 2.75) is 32.9 Å². The third kappa shape index (κ3) is 3.54. The molecule has 1 aliphatic rings. The first kappa shape index (κ1) is 14.0. The van der Waals surface area contributed by atoms with E-state index >= 15 is 0 Å². The Balaban J connectivity index is 1.92. The highest BCUT2D eigenvalue weighted by Gasteiger charge is 2.25. The third-order valence-electron chi connectivity index (χ3n) is 3.35. The number of nitrogens with one attached hydrogen (secondary N) is 1. The first-order valence-electron chi connectivity index (χ1n) is 6.62. The summed E-state index contributed by atoms with van der Waals surface area (Å²) in [5.41, 5.74) is 0.895. The fourth-order valence-corrected chi connectivity index (χ4v) is 2.29. The van der Waals surface area contributed by atoms with Crippen molar-refractivity contribution in [1.29, 1.82) is 0 Å². The van der Waals surface area contributed by atoms with E-state index in [4.69, 9.17) is 4.74 Å². The lowest BCUT2D eigenvalue weighted by molar-refractivity contribution is -0.121. The van der Waals surface area contributed by atoms with Gasteiger partial charge in [-0.2, -0.15) is 5.10 Å². The maximum Gasteiger partial charge on any atom is 0.239 e. The highest BCUT2D eigenvalue weighted by molar-refractivity contribution is 5.91. The number of carbonyl (C=O) groups excluding carboxylic acids is 1. The van der Waals surface area contributed by atoms with Gasteiger partial charge in [0, 0.05) is 25.7 Å². The van der Waals surface area contributed by atoms with E-state index in [0.29, 0.717) is 13.2 Å². The molecule has 0 aliphatic carbocycles. The molecule has 2 heterocycles. The van der Waals surface area contributed by atoms with Crippen molar-refractivity contribution >= 4 is 11.7 Å². The number of rotatable bonds is 3. The molecule has 1 aromatic rings. The SMILES string of the molecule is Cc1cc(NC(=O)CN2C[C@H](C)OC[C@@H]2C)n(C)n1. The number of anilines is 1. The summed E-state index contributed by atoms with van der Waals surface area (Å²) >= 11 is 0. The summed E-state index contributed by atoms with van der Waals surface area (Å²) in [6.07, 6.45) is 0.183. The van der Waals surface area contributed by atoms with Crippen LogP contribution in [0.15, 0.2) is 6.07 Å². The standard InChI is InChI=1S/C13H22N4O2/c1-9-5-12(16(4)15-9)14-13(18)7-17-6-11(3)19-8-10(17)2/h5,10-11H,6-8H2,1-4H3,(H,14,18)/t10-,11-/m0/s1. The van der Waals surface area contributed by atoms with Gasteiger partial charge < -0.3 is 10.1 Å². The molecule has 0 saturated carbocycles. The topological polar surface area (TPSA) is 59.4 Å². The number of ether oxygens (including phenoxy) is 1. The first-order chi connectivity index (χ1) is 8.95. The van der Waals surface area contributed by atoms with E-state index in [2.05, 4.69) is 22.2 Å². The fourth-order valence-electron chi connectivity index (χ4n) is 2.29. The molecular weight excluding hydrogens is 244 g/mol. The van der Waals surface area contributed by atoms with Crippen molar-refractivity contribution < 1.29 is 9.53 Å². The number of hydrogen-bond acceptors (Lipinski definition) is 4. The average Bonchev–Trinajstić information content (AvgIpc) is 2.62. The van der Waals surface area contributed by atoms with Crippen LogP contribution in [0.25, 0.3) is 0 Å². The molecule has 2 rings (SSSR count). The molecule has 0 bridgehead atoms. The van der Waals surface area contributed by atoms with Gasteiger partial charge in [-0.1, -0.05) is 0 Å². The Bertz CT molecular complexity index is 457. The second kappa shape index (κ2) is 5.71. The molecular formula is C13H22N4O2. The predicted octanol–water partition coefficient (Wildman–Crippen LogP) is 0.776. The Morgan fingerprint density at radius 3 is 2.95 bits per heavy atom. The quantitative estimate of drug-likeness (QED) is 0.878. The monoisotopic (exact) mass is 266 g/mol. The number of aryl methyl sites for hydroxylation is 2. The molecule has 1 aromatic heterocycles. The number of amides is 1. The summed E-state index contributed by atoms with van der Waals surface area (Å²) in [5.74, 6) is 0.723. The highest BCUT2D eigenvalue weighted by Crippen LogP contribution is 2.12. The molecule has 19 heavy (non-hydrogen) atoms. The molecule has 1 N–H and O–H groups in total. The van der Waals surface area contributed by atoms with E-state index in [-0.39, 0.29) is 18.1 Å². The molecule has 106 valence electrons. The van der Waals surface area contributed by atoms with Gasteiger partial charge in [0.05, 0.1) is 24.9 Å². The predicted molar refractivity (Wildman–Crippen MR) is 73.0 cm³/mol. The second-order valence-electron chi connectivity index (χ2n) is 5.27. The Morgan fingerprint density at radius 2 is 2.32 bits per heavy atom. The molecule has 0 radical (unpaired) electrons. The molecule has 0 unspecified atom stereocenters. The zero-order chi connectivity index (χ0) is 14.0. The normalized spacial score (nSPS) is 24.4. The number of aromatic nitrogens is 2. The minimum atomic E-state index is -0.0102. The smallest absolute Gasteiger partial charge is 0.239 e. The fraction of sp³-hybridized carbons (Fsp3) is 0.692. The molecule has 1 amide bonds. The molecule has 0 aromatic carbocycles. The van der Waals surface area contributed by atoms with Crippen molar-refractivity contribution in [1.82, 2.24) is 14.7 Å². The van der Waals surface area contributed by atoms with Crippen LogP contribution in [0.4, 0.5) is 5.82 Å². The molecule has 1 saturated heterocycles. The van der Waals surface area contributed by atoms with Crippen LogP contribution in [0.5, 0.6) is 0 Å². The van der Waals surface area contributed by atoms with Crippen LogP contribution in [0.3, 0.4) is 0 Å². The summed E-state index contributed by atoms with van der Waals surface area (Å²) in [5, 5.41) is 7.10. The Kier molecular flexibility index (Phi) is 4.21. The maximum atomic E-state index is 12.1. The summed E-state index contributed by atoms with van der Waals surface area (Å²) in [4.78, 5) is 14.2.